The van der Waals surface area contributed by atoms with E-state index < -0.39 is 6.36 Å². The van der Waals surface area contributed by atoms with E-state index in [9.17, 15) is 18.3 Å². The Hall–Kier alpha value is -2.24. The lowest BCUT2D eigenvalue weighted by atomic mass is 10.1. The van der Waals surface area contributed by atoms with Crippen LogP contribution in [0.3, 0.4) is 0 Å². The van der Waals surface area contributed by atoms with Gasteiger partial charge in [-0.25, -0.2) is 4.98 Å². The second-order valence-electron chi connectivity index (χ2n) is 3.84. The highest BCUT2D eigenvalue weighted by Crippen LogP contribution is 2.33. The number of aromatic hydroxyl groups is 1. The smallest absolute Gasteiger partial charge is 0.506 e. The van der Waals surface area contributed by atoms with Gasteiger partial charge < -0.3 is 9.84 Å². The Morgan fingerprint density at radius 1 is 1.11 bits per heavy atom. The van der Waals surface area contributed by atoms with Crippen molar-refractivity contribution >= 4 is 0 Å². The summed E-state index contributed by atoms with van der Waals surface area (Å²) >= 11 is 0. The summed E-state index contributed by atoms with van der Waals surface area (Å²) in [5.74, 6) is -0.342. The van der Waals surface area contributed by atoms with Crippen LogP contribution in [0.25, 0.3) is 11.3 Å². The highest BCUT2D eigenvalue weighted by Gasteiger charge is 2.32. The summed E-state index contributed by atoms with van der Waals surface area (Å²) < 4.78 is 40.8. The number of hydrogen-bond donors (Lipinski definition) is 1. The molecule has 0 aliphatic carbocycles. The topological polar surface area (TPSA) is 42.4 Å². The summed E-state index contributed by atoms with van der Waals surface area (Å²) in [6, 6.07) is 8.52. The standard InChI is InChI=1S/C13H10F3NO2/c1-8-11(18)7-6-10(17-8)9-4-2-3-5-12(9)19-13(14,15)16/h2-7,18H,1H3. The van der Waals surface area contributed by atoms with Gasteiger partial charge in [0, 0.05) is 5.56 Å². The molecule has 0 unspecified atom stereocenters. The monoisotopic (exact) mass is 269 g/mol. The Balaban J connectivity index is 2.47. The van der Waals surface area contributed by atoms with Crippen LogP contribution in [0.4, 0.5) is 13.2 Å². The van der Waals surface area contributed by atoms with Crippen LogP contribution < -0.4 is 4.74 Å². The lowest BCUT2D eigenvalue weighted by Crippen LogP contribution is -2.17. The molecular weight excluding hydrogens is 259 g/mol. The molecule has 0 saturated carbocycles. The quantitative estimate of drug-likeness (QED) is 0.904. The number of aromatic nitrogens is 1. The van der Waals surface area contributed by atoms with E-state index >= 15 is 0 Å². The fraction of sp³-hybridized carbons (Fsp3) is 0.154. The summed E-state index contributed by atoms with van der Waals surface area (Å²) in [5, 5.41) is 9.37. The van der Waals surface area contributed by atoms with Gasteiger partial charge in [-0.2, -0.15) is 0 Å². The van der Waals surface area contributed by atoms with Crippen LogP contribution in [-0.2, 0) is 0 Å². The van der Waals surface area contributed by atoms with Crippen molar-refractivity contribution in [3.63, 3.8) is 0 Å². The van der Waals surface area contributed by atoms with Crippen molar-refractivity contribution in [3.8, 4) is 22.8 Å². The molecule has 0 atom stereocenters. The molecule has 2 rings (SSSR count). The van der Waals surface area contributed by atoms with Gasteiger partial charge in [0.1, 0.15) is 11.5 Å². The molecule has 100 valence electrons. The van der Waals surface area contributed by atoms with Crippen LogP contribution in [0, 0.1) is 6.92 Å². The number of aryl methyl sites for hydroxylation is 1. The maximum absolute atomic E-state index is 12.3. The molecule has 0 bridgehead atoms. The molecule has 0 amide bonds. The van der Waals surface area contributed by atoms with Crippen LogP contribution >= 0.6 is 0 Å². The zero-order valence-corrected chi connectivity index (χ0v) is 9.90. The van der Waals surface area contributed by atoms with Gasteiger partial charge in [0.2, 0.25) is 0 Å². The van der Waals surface area contributed by atoms with Crippen molar-refractivity contribution < 1.29 is 23.0 Å². The number of rotatable bonds is 2. The average molecular weight is 269 g/mol. The number of alkyl halides is 3. The molecule has 1 aromatic heterocycles. The molecule has 0 spiro atoms. The van der Waals surface area contributed by atoms with Crippen LogP contribution in [-0.4, -0.2) is 16.5 Å². The van der Waals surface area contributed by atoms with Crippen molar-refractivity contribution in [2.75, 3.05) is 0 Å². The molecular formula is C13H10F3NO2. The maximum Gasteiger partial charge on any atom is 0.573 e. The van der Waals surface area contributed by atoms with Crippen molar-refractivity contribution in [3.05, 3.63) is 42.1 Å². The third-order valence-electron chi connectivity index (χ3n) is 2.45. The van der Waals surface area contributed by atoms with Gasteiger partial charge in [-0.1, -0.05) is 12.1 Å². The van der Waals surface area contributed by atoms with Gasteiger partial charge in [0.15, 0.2) is 0 Å². The third kappa shape index (κ3) is 3.15. The van der Waals surface area contributed by atoms with Gasteiger partial charge in [-0.05, 0) is 31.2 Å². The average Bonchev–Trinajstić information content (AvgIpc) is 2.31. The van der Waals surface area contributed by atoms with Gasteiger partial charge in [-0.3, -0.25) is 0 Å². The minimum Gasteiger partial charge on any atom is -0.506 e. The van der Waals surface area contributed by atoms with E-state index in [0.29, 0.717) is 11.4 Å². The molecule has 1 N–H and O–H groups in total. The Bertz CT molecular complexity index is 597. The normalized spacial score (nSPS) is 11.4. The van der Waals surface area contributed by atoms with E-state index in [0.717, 1.165) is 0 Å². The predicted octanol–water partition coefficient (Wildman–Crippen LogP) is 3.66. The Morgan fingerprint density at radius 3 is 2.42 bits per heavy atom. The third-order valence-corrected chi connectivity index (χ3v) is 2.45. The fourth-order valence-electron chi connectivity index (χ4n) is 1.60. The first kappa shape index (κ1) is 13.2. The summed E-state index contributed by atoms with van der Waals surface area (Å²) in [7, 11) is 0. The van der Waals surface area contributed by atoms with E-state index in [1.165, 1.54) is 30.3 Å². The first-order valence-electron chi connectivity index (χ1n) is 5.38. The largest absolute Gasteiger partial charge is 0.573 e. The van der Waals surface area contributed by atoms with Crippen molar-refractivity contribution in [2.45, 2.75) is 13.3 Å². The van der Waals surface area contributed by atoms with Crippen LogP contribution in [0.15, 0.2) is 36.4 Å². The number of halogens is 3. The molecule has 19 heavy (non-hydrogen) atoms. The Morgan fingerprint density at radius 2 is 1.79 bits per heavy atom. The second kappa shape index (κ2) is 4.79. The minimum atomic E-state index is -4.76. The number of nitrogens with zero attached hydrogens (tertiary/aromatic N) is 1. The van der Waals surface area contributed by atoms with Crippen molar-refractivity contribution in [2.24, 2.45) is 0 Å². The van der Waals surface area contributed by atoms with Gasteiger partial charge >= 0.3 is 6.36 Å². The van der Waals surface area contributed by atoms with E-state index in [-0.39, 0.29) is 17.1 Å². The summed E-state index contributed by atoms with van der Waals surface area (Å²) in [6.45, 7) is 1.56. The van der Waals surface area contributed by atoms with Gasteiger partial charge in [0.25, 0.3) is 0 Å². The molecule has 2 aromatic rings. The minimum absolute atomic E-state index is 0.0158. The first-order chi connectivity index (χ1) is 8.87. The number of ether oxygens (including phenoxy) is 1. The summed E-state index contributed by atoms with van der Waals surface area (Å²) in [6.07, 6.45) is -4.76. The van der Waals surface area contributed by atoms with Gasteiger partial charge in [-0.15, -0.1) is 13.2 Å². The van der Waals surface area contributed by atoms with Crippen molar-refractivity contribution in [1.29, 1.82) is 0 Å². The molecule has 0 radical (unpaired) electrons. The number of hydrogen-bond acceptors (Lipinski definition) is 3. The summed E-state index contributed by atoms with van der Waals surface area (Å²) in [4.78, 5) is 4.04. The molecule has 1 aromatic carbocycles. The lowest BCUT2D eigenvalue weighted by molar-refractivity contribution is -0.274. The molecule has 3 nitrogen and oxygen atoms in total. The fourth-order valence-corrected chi connectivity index (χ4v) is 1.60. The molecule has 6 heteroatoms. The first-order valence-corrected chi connectivity index (χ1v) is 5.38. The van der Waals surface area contributed by atoms with Crippen LogP contribution in [0.5, 0.6) is 11.5 Å². The Kier molecular flexibility index (Phi) is 3.33. The van der Waals surface area contributed by atoms with E-state index in [2.05, 4.69) is 9.72 Å². The van der Waals surface area contributed by atoms with E-state index in [1.54, 1.807) is 13.0 Å². The lowest BCUT2D eigenvalue weighted by Gasteiger charge is -2.13. The number of benzene rings is 1. The van der Waals surface area contributed by atoms with E-state index in [4.69, 9.17) is 0 Å². The van der Waals surface area contributed by atoms with E-state index in [1.807, 2.05) is 0 Å². The number of para-hydroxylation sites is 1. The van der Waals surface area contributed by atoms with Crippen LogP contribution in [0.2, 0.25) is 0 Å². The molecule has 0 saturated heterocycles. The molecule has 0 aliphatic rings. The highest BCUT2D eigenvalue weighted by molar-refractivity contribution is 5.67. The predicted molar refractivity (Wildman–Crippen MR) is 62.8 cm³/mol. The van der Waals surface area contributed by atoms with Crippen molar-refractivity contribution in [1.82, 2.24) is 4.98 Å². The zero-order valence-electron chi connectivity index (χ0n) is 9.90. The van der Waals surface area contributed by atoms with Gasteiger partial charge in [0.05, 0.1) is 11.4 Å². The zero-order chi connectivity index (χ0) is 14.0. The second-order valence-corrected chi connectivity index (χ2v) is 3.84. The highest BCUT2D eigenvalue weighted by atomic mass is 19.4. The SMILES string of the molecule is Cc1nc(-c2ccccc2OC(F)(F)F)ccc1O. The Labute approximate surface area is 107 Å². The van der Waals surface area contributed by atoms with Crippen LogP contribution in [0.1, 0.15) is 5.69 Å². The number of pyridine rings is 1. The maximum atomic E-state index is 12.3. The summed E-state index contributed by atoms with van der Waals surface area (Å²) in [5.41, 5.74) is 0.845. The molecule has 0 aliphatic heterocycles. The molecule has 1 heterocycles. The molecule has 0 fully saturated rings.